The smallest absolute Gasteiger partial charge is 0.432 e. The molecule has 1 aliphatic rings. The standard InChI is InChI=1S/C15H14N2O8/c18-13-5-6-14(19)16(13)7-8-23-9-10-24-15(20)25-12-3-1-11(2-4-12)17(21)22/h1-6H,7-10H2. The lowest BCUT2D eigenvalue weighted by Gasteiger charge is -2.13. The van der Waals surface area contributed by atoms with Crippen LogP contribution in [0.15, 0.2) is 36.4 Å². The van der Waals surface area contributed by atoms with Crippen LogP contribution >= 0.6 is 0 Å². The molecule has 0 aliphatic carbocycles. The van der Waals surface area contributed by atoms with E-state index >= 15 is 0 Å². The number of carbonyl (C=O) groups excluding carboxylic acids is 3. The number of hydrogen-bond donors (Lipinski definition) is 0. The highest BCUT2D eigenvalue weighted by Gasteiger charge is 2.22. The van der Waals surface area contributed by atoms with Crippen LogP contribution in [-0.2, 0) is 19.1 Å². The molecule has 132 valence electrons. The van der Waals surface area contributed by atoms with Crippen molar-refractivity contribution in [3.63, 3.8) is 0 Å². The van der Waals surface area contributed by atoms with Crippen molar-refractivity contribution in [3.05, 3.63) is 46.5 Å². The third kappa shape index (κ3) is 5.39. The number of benzene rings is 1. The van der Waals surface area contributed by atoms with E-state index in [0.717, 1.165) is 4.90 Å². The van der Waals surface area contributed by atoms with Gasteiger partial charge in [-0.25, -0.2) is 4.79 Å². The van der Waals surface area contributed by atoms with Gasteiger partial charge in [-0.3, -0.25) is 24.6 Å². The summed E-state index contributed by atoms with van der Waals surface area (Å²) >= 11 is 0. The fourth-order valence-electron chi connectivity index (χ4n) is 1.85. The minimum Gasteiger partial charge on any atom is -0.432 e. The van der Waals surface area contributed by atoms with Crippen LogP contribution in [0.25, 0.3) is 0 Å². The largest absolute Gasteiger partial charge is 0.513 e. The van der Waals surface area contributed by atoms with Gasteiger partial charge in [0, 0.05) is 24.3 Å². The number of carbonyl (C=O) groups is 3. The van der Waals surface area contributed by atoms with Crippen molar-refractivity contribution in [1.82, 2.24) is 4.90 Å². The predicted octanol–water partition coefficient (Wildman–Crippen LogP) is 1.05. The summed E-state index contributed by atoms with van der Waals surface area (Å²) in [6.45, 7) is 0.183. The predicted molar refractivity (Wildman–Crippen MR) is 81.8 cm³/mol. The Bertz CT molecular complexity index is 680. The normalized spacial score (nSPS) is 13.2. The van der Waals surface area contributed by atoms with Gasteiger partial charge in [-0.2, -0.15) is 0 Å². The number of amides is 2. The van der Waals surface area contributed by atoms with Gasteiger partial charge in [-0.05, 0) is 12.1 Å². The summed E-state index contributed by atoms with van der Waals surface area (Å²) in [6.07, 6.45) is 1.38. The third-order valence-corrected chi connectivity index (χ3v) is 3.06. The van der Waals surface area contributed by atoms with E-state index in [1.165, 1.54) is 36.4 Å². The van der Waals surface area contributed by atoms with Crippen LogP contribution in [0.1, 0.15) is 0 Å². The van der Waals surface area contributed by atoms with Crippen LogP contribution in [0.4, 0.5) is 10.5 Å². The molecule has 0 N–H and O–H groups in total. The Balaban J connectivity index is 1.58. The van der Waals surface area contributed by atoms with E-state index in [1.54, 1.807) is 0 Å². The van der Waals surface area contributed by atoms with Crippen LogP contribution in [0.2, 0.25) is 0 Å². The SMILES string of the molecule is O=C(OCCOCCN1C(=O)C=CC1=O)Oc1ccc([N+](=O)[O-])cc1. The fraction of sp³-hybridized carbons (Fsp3) is 0.267. The zero-order valence-corrected chi connectivity index (χ0v) is 13.0. The van der Waals surface area contributed by atoms with Crippen LogP contribution in [0, 0.1) is 10.1 Å². The molecule has 1 aliphatic heterocycles. The average molecular weight is 350 g/mol. The van der Waals surface area contributed by atoms with Gasteiger partial charge in [0.1, 0.15) is 12.4 Å². The molecule has 0 radical (unpaired) electrons. The highest BCUT2D eigenvalue weighted by molar-refractivity contribution is 6.12. The Hall–Kier alpha value is -3.27. The Morgan fingerprint density at radius 1 is 1.04 bits per heavy atom. The molecule has 10 nitrogen and oxygen atoms in total. The summed E-state index contributed by atoms with van der Waals surface area (Å²) in [5, 5.41) is 10.5. The molecule has 1 aromatic rings. The Labute approximate surface area is 141 Å². The van der Waals surface area contributed by atoms with Crippen molar-refractivity contribution in [2.45, 2.75) is 0 Å². The third-order valence-electron chi connectivity index (χ3n) is 3.06. The van der Waals surface area contributed by atoms with Gasteiger partial charge in [0.05, 0.1) is 24.7 Å². The number of imide groups is 1. The minimum absolute atomic E-state index is 0.0546. The van der Waals surface area contributed by atoms with Crippen molar-refractivity contribution in [3.8, 4) is 5.75 Å². The zero-order chi connectivity index (χ0) is 18.2. The summed E-state index contributed by atoms with van der Waals surface area (Å²) < 4.78 is 14.7. The average Bonchev–Trinajstić information content (AvgIpc) is 2.90. The lowest BCUT2D eigenvalue weighted by molar-refractivity contribution is -0.384. The molecule has 0 atom stereocenters. The molecule has 2 rings (SSSR count). The molecule has 1 aromatic carbocycles. The lowest BCUT2D eigenvalue weighted by atomic mass is 10.3. The van der Waals surface area contributed by atoms with E-state index in [0.29, 0.717) is 0 Å². The van der Waals surface area contributed by atoms with Crippen molar-refractivity contribution in [1.29, 1.82) is 0 Å². The highest BCUT2D eigenvalue weighted by atomic mass is 16.7. The topological polar surface area (TPSA) is 125 Å². The Kier molecular flexibility index (Phi) is 6.18. The van der Waals surface area contributed by atoms with Gasteiger partial charge in [0.25, 0.3) is 17.5 Å². The van der Waals surface area contributed by atoms with Gasteiger partial charge < -0.3 is 14.2 Å². The second kappa shape index (κ2) is 8.55. The first-order valence-electron chi connectivity index (χ1n) is 7.18. The number of non-ortho nitro benzene ring substituents is 1. The quantitative estimate of drug-likeness (QED) is 0.170. The first-order chi connectivity index (χ1) is 12.0. The monoisotopic (exact) mass is 350 g/mol. The maximum absolute atomic E-state index is 11.4. The van der Waals surface area contributed by atoms with Crippen molar-refractivity contribution in [2.24, 2.45) is 0 Å². The number of ether oxygens (including phenoxy) is 3. The molecule has 0 spiro atoms. The molecule has 0 aromatic heterocycles. The van der Waals surface area contributed by atoms with E-state index in [1.807, 2.05) is 0 Å². The van der Waals surface area contributed by atoms with Gasteiger partial charge in [0.15, 0.2) is 0 Å². The molecule has 25 heavy (non-hydrogen) atoms. The van der Waals surface area contributed by atoms with Crippen LogP contribution in [0.5, 0.6) is 5.75 Å². The maximum Gasteiger partial charge on any atom is 0.513 e. The van der Waals surface area contributed by atoms with E-state index in [2.05, 4.69) is 0 Å². The molecule has 10 heteroatoms. The molecule has 0 saturated heterocycles. The van der Waals surface area contributed by atoms with Crippen molar-refractivity contribution < 1.29 is 33.5 Å². The van der Waals surface area contributed by atoms with E-state index in [9.17, 15) is 24.5 Å². The zero-order valence-electron chi connectivity index (χ0n) is 13.0. The van der Waals surface area contributed by atoms with Gasteiger partial charge in [0.2, 0.25) is 0 Å². The van der Waals surface area contributed by atoms with E-state index in [-0.39, 0.29) is 37.8 Å². The first kappa shape index (κ1) is 18.1. The van der Waals surface area contributed by atoms with Gasteiger partial charge >= 0.3 is 6.16 Å². The van der Waals surface area contributed by atoms with Crippen molar-refractivity contribution >= 4 is 23.7 Å². The van der Waals surface area contributed by atoms with Crippen LogP contribution in [0.3, 0.4) is 0 Å². The van der Waals surface area contributed by atoms with Crippen LogP contribution in [-0.4, -0.2) is 54.2 Å². The summed E-state index contributed by atoms with van der Waals surface area (Å²) in [6, 6.07) is 4.94. The number of nitrogens with zero attached hydrogens (tertiary/aromatic N) is 2. The molecule has 0 bridgehead atoms. The maximum atomic E-state index is 11.4. The molecule has 0 fully saturated rings. The summed E-state index contributed by atoms with van der Waals surface area (Å²) in [7, 11) is 0. The summed E-state index contributed by atoms with van der Waals surface area (Å²) in [5.74, 6) is -0.678. The number of hydrogen-bond acceptors (Lipinski definition) is 8. The number of rotatable bonds is 8. The summed E-state index contributed by atoms with van der Waals surface area (Å²) in [5.41, 5.74) is -0.126. The second-order valence-electron chi connectivity index (χ2n) is 4.73. The molecular formula is C15H14N2O8. The second-order valence-corrected chi connectivity index (χ2v) is 4.73. The van der Waals surface area contributed by atoms with Crippen LogP contribution < -0.4 is 4.74 Å². The van der Waals surface area contributed by atoms with E-state index < -0.39 is 22.9 Å². The number of nitro groups is 1. The van der Waals surface area contributed by atoms with Crippen molar-refractivity contribution in [2.75, 3.05) is 26.4 Å². The van der Waals surface area contributed by atoms with Gasteiger partial charge in [-0.1, -0.05) is 0 Å². The van der Waals surface area contributed by atoms with E-state index in [4.69, 9.17) is 14.2 Å². The summed E-state index contributed by atoms with van der Waals surface area (Å²) in [4.78, 5) is 44.9. The Morgan fingerprint density at radius 3 is 2.28 bits per heavy atom. The lowest BCUT2D eigenvalue weighted by Crippen LogP contribution is -2.33. The first-order valence-corrected chi connectivity index (χ1v) is 7.18. The molecule has 1 heterocycles. The Morgan fingerprint density at radius 2 is 1.68 bits per heavy atom. The van der Waals surface area contributed by atoms with Gasteiger partial charge in [-0.15, -0.1) is 0 Å². The molecule has 2 amide bonds. The fourth-order valence-corrected chi connectivity index (χ4v) is 1.85. The molecule has 0 unspecified atom stereocenters. The molecular weight excluding hydrogens is 336 g/mol. The highest BCUT2D eigenvalue weighted by Crippen LogP contribution is 2.17. The number of nitro benzene ring substituents is 1. The molecule has 0 saturated carbocycles. The minimum atomic E-state index is -0.980.